The molecule has 0 bridgehead atoms. The number of imidazole rings is 1. The number of likely N-dealkylation sites (tertiary alicyclic amines) is 1. The smallest absolute Gasteiger partial charge is 0.326 e. The summed E-state index contributed by atoms with van der Waals surface area (Å²) in [5, 5.41) is 0. The summed E-state index contributed by atoms with van der Waals surface area (Å²) in [6.07, 6.45) is 2.55. The van der Waals surface area contributed by atoms with Crippen molar-refractivity contribution in [2.24, 2.45) is 0 Å². The Balaban J connectivity index is 1.90. The molecule has 1 aliphatic rings. The van der Waals surface area contributed by atoms with E-state index >= 15 is 0 Å². The Morgan fingerprint density at radius 2 is 2.05 bits per heavy atom. The van der Waals surface area contributed by atoms with Crippen molar-refractivity contribution in [3.63, 3.8) is 0 Å². The first-order valence-corrected chi connectivity index (χ1v) is 6.77. The summed E-state index contributed by atoms with van der Waals surface area (Å²) in [6, 6.07) is 5.74. The predicted octanol–water partition coefficient (Wildman–Crippen LogP) is 1.43. The Kier molecular flexibility index (Phi) is 3.29. The molecule has 0 amide bonds. The van der Waals surface area contributed by atoms with Gasteiger partial charge in [0.05, 0.1) is 12.6 Å². The number of nitrogens with one attached hydrogen (secondary N) is 1. The molecule has 1 N–H and O–H groups in total. The number of aromatic nitrogens is 2. The number of fused-ring (bicyclic) bond motifs is 1. The summed E-state index contributed by atoms with van der Waals surface area (Å²) >= 11 is 0. The number of aromatic amines is 1. The molecule has 0 atom stereocenters. The molecule has 0 unspecified atom stereocenters. The number of methoxy groups -OCH3 is 1. The zero-order valence-corrected chi connectivity index (χ0v) is 11.2. The lowest BCUT2D eigenvalue weighted by molar-refractivity contribution is 0.322. The van der Waals surface area contributed by atoms with Gasteiger partial charge in [0.2, 0.25) is 0 Å². The summed E-state index contributed by atoms with van der Waals surface area (Å²) in [7, 11) is 1.62. The van der Waals surface area contributed by atoms with Gasteiger partial charge in [-0.3, -0.25) is 4.57 Å². The van der Waals surface area contributed by atoms with E-state index in [0.717, 1.165) is 43.0 Å². The van der Waals surface area contributed by atoms with Crippen molar-refractivity contribution in [3.05, 3.63) is 28.7 Å². The monoisotopic (exact) mass is 261 g/mol. The highest BCUT2D eigenvalue weighted by atomic mass is 16.5. The van der Waals surface area contributed by atoms with E-state index in [-0.39, 0.29) is 5.69 Å². The summed E-state index contributed by atoms with van der Waals surface area (Å²) in [6.45, 7) is 3.97. The first kappa shape index (κ1) is 12.3. The predicted molar refractivity (Wildman–Crippen MR) is 74.8 cm³/mol. The average molecular weight is 261 g/mol. The zero-order chi connectivity index (χ0) is 13.2. The van der Waals surface area contributed by atoms with Gasteiger partial charge in [-0.2, -0.15) is 0 Å². The number of H-pyrrole nitrogens is 1. The third-order valence-electron chi connectivity index (χ3n) is 3.83. The molecular weight excluding hydrogens is 242 g/mol. The molecule has 5 nitrogen and oxygen atoms in total. The fraction of sp³-hybridized carbons (Fsp3) is 0.500. The second kappa shape index (κ2) is 5.09. The Bertz CT molecular complexity index is 623. The van der Waals surface area contributed by atoms with Crippen molar-refractivity contribution in [1.82, 2.24) is 14.5 Å². The molecule has 5 heteroatoms. The highest BCUT2D eigenvalue weighted by Crippen LogP contribution is 2.22. The average Bonchev–Trinajstić information content (AvgIpc) is 3.03. The van der Waals surface area contributed by atoms with E-state index in [9.17, 15) is 4.79 Å². The number of rotatable bonds is 4. The van der Waals surface area contributed by atoms with E-state index in [4.69, 9.17) is 4.74 Å². The van der Waals surface area contributed by atoms with E-state index in [1.54, 1.807) is 11.7 Å². The maximum Gasteiger partial charge on any atom is 0.326 e. The van der Waals surface area contributed by atoms with E-state index in [2.05, 4.69) is 9.88 Å². The Hall–Kier alpha value is -1.75. The highest BCUT2D eigenvalue weighted by Gasteiger charge is 2.14. The van der Waals surface area contributed by atoms with Gasteiger partial charge in [-0.05, 0) is 38.1 Å². The molecule has 1 saturated heterocycles. The van der Waals surface area contributed by atoms with Gasteiger partial charge in [0.1, 0.15) is 11.3 Å². The van der Waals surface area contributed by atoms with E-state index < -0.39 is 0 Å². The van der Waals surface area contributed by atoms with Crippen molar-refractivity contribution in [3.8, 4) is 5.75 Å². The number of ether oxygens (including phenoxy) is 1. The maximum absolute atomic E-state index is 12.0. The minimum atomic E-state index is -0.0568. The molecule has 1 aromatic heterocycles. The highest BCUT2D eigenvalue weighted by molar-refractivity contribution is 5.81. The minimum Gasteiger partial charge on any atom is -0.494 e. The third kappa shape index (κ3) is 2.26. The molecular formula is C14H19N3O2. The summed E-state index contributed by atoms with van der Waals surface area (Å²) in [4.78, 5) is 17.3. The van der Waals surface area contributed by atoms with E-state index in [0.29, 0.717) is 0 Å². The molecule has 19 heavy (non-hydrogen) atoms. The second-order valence-electron chi connectivity index (χ2n) is 4.98. The van der Waals surface area contributed by atoms with Crippen LogP contribution in [0.3, 0.4) is 0 Å². The van der Waals surface area contributed by atoms with Crippen LogP contribution in [-0.2, 0) is 6.54 Å². The van der Waals surface area contributed by atoms with Crippen LogP contribution in [0.15, 0.2) is 23.0 Å². The van der Waals surface area contributed by atoms with Crippen molar-refractivity contribution >= 4 is 11.0 Å². The van der Waals surface area contributed by atoms with E-state index in [1.807, 2.05) is 18.2 Å². The van der Waals surface area contributed by atoms with Crippen molar-refractivity contribution in [2.75, 3.05) is 26.7 Å². The quantitative estimate of drug-likeness (QED) is 0.906. The summed E-state index contributed by atoms with van der Waals surface area (Å²) in [5.74, 6) is 0.717. The lowest BCUT2D eigenvalue weighted by Gasteiger charge is -2.14. The Labute approximate surface area is 111 Å². The second-order valence-corrected chi connectivity index (χ2v) is 4.98. The molecule has 2 aromatic rings. The SMILES string of the molecule is COc1cccc2c1[nH]c(=O)n2CCN1CCCC1. The van der Waals surface area contributed by atoms with E-state index in [1.165, 1.54) is 12.8 Å². The topological polar surface area (TPSA) is 50.3 Å². The number of benzene rings is 1. The van der Waals surface area contributed by atoms with Gasteiger partial charge in [-0.15, -0.1) is 0 Å². The van der Waals surface area contributed by atoms with Gasteiger partial charge >= 0.3 is 5.69 Å². The Morgan fingerprint density at radius 1 is 1.26 bits per heavy atom. The number of hydrogen-bond acceptors (Lipinski definition) is 3. The normalized spacial score (nSPS) is 16.3. The van der Waals surface area contributed by atoms with Crippen LogP contribution in [0, 0.1) is 0 Å². The number of para-hydroxylation sites is 1. The zero-order valence-electron chi connectivity index (χ0n) is 11.2. The van der Waals surface area contributed by atoms with Crippen LogP contribution in [0.2, 0.25) is 0 Å². The molecule has 0 spiro atoms. The lowest BCUT2D eigenvalue weighted by atomic mass is 10.3. The number of nitrogens with zero attached hydrogens (tertiary/aromatic N) is 2. The summed E-state index contributed by atoms with van der Waals surface area (Å²) < 4.78 is 7.08. The molecule has 1 aliphatic heterocycles. The fourth-order valence-corrected chi connectivity index (χ4v) is 2.79. The van der Waals surface area contributed by atoms with Crippen molar-refractivity contribution < 1.29 is 4.74 Å². The van der Waals surface area contributed by atoms with Crippen LogP contribution in [0.25, 0.3) is 11.0 Å². The molecule has 0 aliphatic carbocycles. The summed E-state index contributed by atoms with van der Waals surface area (Å²) in [5.41, 5.74) is 1.65. The maximum atomic E-state index is 12.0. The van der Waals surface area contributed by atoms with Crippen LogP contribution >= 0.6 is 0 Å². The lowest BCUT2D eigenvalue weighted by Crippen LogP contribution is -2.28. The largest absolute Gasteiger partial charge is 0.494 e. The molecule has 2 heterocycles. The standard InChI is InChI=1S/C14H19N3O2/c1-19-12-6-4-5-11-13(12)15-14(18)17(11)10-9-16-7-2-3-8-16/h4-6H,2-3,7-10H2,1H3,(H,15,18). The van der Waals surface area contributed by atoms with Gasteiger partial charge in [0, 0.05) is 13.1 Å². The minimum absolute atomic E-state index is 0.0568. The van der Waals surface area contributed by atoms with Gasteiger partial charge in [0.15, 0.2) is 0 Å². The fourth-order valence-electron chi connectivity index (χ4n) is 2.79. The van der Waals surface area contributed by atoms with Crippen LogP contribution in [0.5, 0.6) is 5.75 Å². The molecule has 0 saturated carbocycles. The van der Waals surface area contributed by atoms with Crippen molar-refractivity contribution in [1.29, 1.82) is 0 Å². The van der Waals surface area contributed by atoms with Gasteiger partial charge < -0.3 is 14.6 Å². The van der Waals surface area contributed by atoms with Crippen molar-refractivity contribution in [2.45, 2.75) is 19.4 Å². The first-order valence-electron chi connectivity index (χ1n) is 6.77. The van der Waals surface area contributed by atoms with Crippen LogP contribution in [-0.4, -0.2) is 41.2 Å². The Morgan fingerprint density at radius 3 is 2.79 bits per heavy atom. The van der Waals surface area contributed by atoms with Gasteiger partial charge in [-0.1, -0.05) is 6.07 Å². The van der Waals surface area contributed by atoms with Gasteiger partial charge in [0.25, 0.3) is 0 Å². The van der Waals surface area contributed by atoms with Gasteiger partial charge in [-0.25, -0.2) is 4.79 Å². The van der Waals surface area contributed by atoms with Crippen LogP contribution in [0.1, 0.15) is 12.8 Å². The molecule has 3 rings (SSSR count). The molecule has 1 fully saturated rings. The van der Waals surface area contributed by atoms with Crippen LogP contribution < -0.4 is 10.4 Å². The number of hydrogen-bond donors (Lipinski definition) is 1. The molecule has 1 aromatic carbocycles. The third-order valence-corrected chi connectivity index (χ3v) is 3.83. The first-order chi connectivity index (χ1) is 9.29. The van der Waals surface area contributed by atoms with Crippen LogP contribution in [0.4, 0.5) is 0 Å². The molecule has 0 radical (unpaired) electrons. The molecule has 102 valence electrons.